The van der Waals surface area contributed by atoms with Gasteiger partial charge in [-0.1, -0.05) is 35.3 Å². The van der Waals surface area contributed by atoms with E-state index in [1.54, 1.807) is 24.4 Å². The van der Waals surface area contributed by atoms with Crippen molar-refractivity contribution >= 4 is 34.8 Å². The van der Waals surface area contributed by atoms with Crippen molar-refractivity contribution in [2.24, 2.45) is 0 Å². The molecule has 3 rings (SSSR count). The van der Waals surface area contributed by atoms with Gasteiger partial charge in [0.25, 0.3) is 0 Å². The van der Waals surface area contributed by atoms with Crippen LogP contribution in [0.25, 0.3) is 11.1 Å². The lowest BCUT2D eigenvalue weighted by Gasteiger charge is -2.14. The second kappa shape index (κ2) is 7.90. The Hall–Kier alpha value is -2.36. The van der Waals surface area contributed by atoms with E-state index < -0.39 is 0 Å². The topological polar surface area (TPSA) is 42.0 Å². The number of nitrogens with zero attached hydrogens (tertiary/aromatic N) is 1. The van der Waals surface area contributed by atoms with Crippen molar-refractivity contribution < 1.29 is 4.79 Å². The number of amides is 1. The fourth-order valence-electron chi connectivity index (χ4n) is 2.70. The first-order chi connectivity index (χ1) is 12.4. The molecule has 26 heavy (non-hydrogen) atoms. The molecule has 0 radical (unpaired) electrons. The molecule has 132 valence electrons. The van der Waals surface area contributed by atoms with Crippen molar-refractivity contribution in [1.82, 2.24) is 4.98 Å². The van der Waals surface area contributed by atoms with Crippen molar-refractivity contribution in [3.63, 3.8) is 0 Å². The number of nitrogens with one attached hydrogen (secondary N) is 1. The van der Waals surface area contributed by atoms with E-state index in [4.69, 9.17) is 23.2 Å². The molecule has 0 saturated heterocycles. The quantitative estimate of drug-likeness (QED) is 0.589. The zero-order valence-electron chi connectivity index (χ0n) is 14.5. The maximum atomic E-state index is 12.5. The van der Waals surface area contributed by atoms with Gasteiger partial charge in [-0.05, 0) is 73.0 Å². The molecule has 0 unspecified atom stereocenters. The number of hydrogen-bond donors (Lipinski definition) is 1. The lowest BCUT2D eigenvalue weighted by Crippen LogP contribution is -2.18. The molecule has 0 aliphatic rings. The summed E-state index contributed by atoms with van der Waals surface area (Å²) in [5.74, 6) is -0.482. The van der Waals surface area contributed by atoms with Crippen LogP contribution in [0.3, 0.4) is 0 Å². The lowest BCUT2D eigenvalue weighted by molar-refractivity contribution is -0.117. The summed E-state index contributed by atoms with van der Waals surface area (Å²) in [6, 6.07) is 16.9. The van der Waals surface area contributed by atoms with Crippen molar-refractivity contribution in [3.05, 3.63) is 82.1 Å². The Bertz CT molecular complexity index is 919. The number of anilines is 1. The minimum atomic E-state index is -0.367. The normalized spacial score (nSPS) is 11.8. The van der Waals surface area contributed by atoms with Crippen LogP contribution in [0.1, 0.15) is 24.1 Å². The van der Waals surface area contributed by atoms with E-state index in [9.17, 15) is 4.79 Å². The van der Waals surface area contributed by atoms with Gasteiger partial charge >= 0.3 is 0 Å². The van der Waals surface area contributed by atoms with Gasteiger partial charge in [-0.25, -0.2) is 0 Å². The van der Waals surface area contributed by atoms with E-state index in [2.05, 4.69) is 10.3 Å². The van der Waals surface area contributed by atoms with Crippen LogP contribution in [0.2, 0.25) is 10.0 Å². The molecule has 0 aliphatic carbocycles. The fourth-order valence-corrected chi connectivity index (χ4v) is 3.24. The first-order valence-corrected chi connectivity index (χ1v) is 8.98. The van der Waals surface area contributed by atoms with E-state index in [-0.39, 0.29) is 11.8 Å². The zero-order chi connectivity index (χ0) is 18.7. The Kier molecular flexibility index (Phi) is 5.60. The van der Waals surface area contributed by atoms with Gasteiger partial charge in [0.2, 0.25) is 5.91 Å². The lowest BCUT2D eigenvalue weighted by atomic mass is 10.00. The molecule has 2 aromatic carbocycles. The van der Waals surface area contributed by atoms with Gasteiger partial charge in [-0.15, -0.1) is 0 Å². The zero-order valence-corrected chi connectivity index (χ0v) is 16.0. The highest BCUT2D eigenvalue weighted by atomic mass is 35.5. The summed E-state index contributed by atoms with van der Waals surface area (Å²) < 4.78 is 0. The molecular formula is C21H18Cl2N2O. The molecule has 0 spiro atoms. The highest BCUT2D eigenvalue weighted by molar-refractivity contribution is 6.34. The molecule has 0 fully saturated rings. The van der Waals surface area contributed by atoms with Crippen LogP contribution in [0.5, 0.6) is 0 Å². The van der Waals surface area contributed by atoms with E-state index in [0.29, 0.717) is 10.0 Å². The van der Waals surface area contributed by atoms with Crippen LogP contribution in [0.4, 0.5) is 5.69 Å². The first kappa shape index (κ1) is 18.4. The third kappa shape index (κ3) is 4.43. The van der Waals surface area contributed by atoms with E-state index in [1.165, 1.54) is 0 Å². The van der Waals surface area contributed by atoms with Crippen LogP contribution in [0.15, 0.2) is 60.8 Å². The Morgan fingerprint density at radius 3 is 2.23 bits per heavy atom. The van der Waals surface area contributed by atoms with E-state index in [1.807, 2.05) is 50.2 Å². The second-order valence-electron chi connectivity index (χ2n) is 6.18. The van der Waals surface area contributed by atoms with E-state index >= 15 is 0 Å². The molecule has 1 atom stereocenters. The maximum Gasteiger partial charge on any atom is 0.231 e. The highest BCUT2D eigenvalue weighted by Gasteiger charge is 2.16. The SMILES string of the molecule is Cc1cc(-c2ccc(NC(=O)[C@@H](C)c3cc(Cl)cc(Cl)c3)cc2)ccn1. The van der Waals surface area contributed by atoms with Gasteiger partial charge in [0.15, 0.2) is 0 Å². The summed E-state index contributed by atoms with van der Waals surface area (Å²) in [5, 5.41) is 3.97. The summed E-state index contributed by atoms with van der Waals surface area (Å²) in [4.78, 5) is 16.7. The van der Waals surface area contributed by atoms with Crippen molar-refractivity contribution in [1.29, 1.82) is 0 Å². The molecular weight excluding hydrogens is 367 g/mol. The highest BCUT2D eigenvalue weighted by Crippen LogP contribution is 2.26. The number of halogens is 2. The predicted molar refractivity (Wildman–Crippen MR) is 108 cm³/mol. The third-order valence-electron chi connectivity index (χ3n) is 4.16. The van der Waals surface area contributed by atoms with Crippen molar-refractivity contribution in [3.8, 4) is 11.1 Å². The summed E-state index contributed by atoms with van der Waals surface area (Å²) in [5.41, 5.74) is 4.66. The molecule has 0 aliphatic heterocycles. The smallest absolute Gasteiger partial charge is 0.231 e. The standard InChI is InChI=1S/C21H18Cl2N2O/c1-13-9-16(7-8-24-13)15-3-5-20(6-4-15)25-21(26)14(2)17-10-18(22)12-19(23)11-17/h3-12,14H,1-2H3,(H,25,26)/t14-/m0/s1. The van der Waals surface area contributed by atoms with Crippen molar-refractivity contribution in [2.45, 2.75) is 19.8 Å². The van der Waals surface area contributed by atoms with Crippen LogP contribution >= 0.6 is 23.2 Å². The number of carbonyl (C=O) groups excluding carboxylic acids is 1. The number of hydrogen-bond acceptors (Lipinski definition) is 2. The minimum absolute atomic E-state index is 0.115. The number of aryl methyl sites for hydroxylation is 1. The van der Waals surface area contributed by atoms with Gasteiger partial charge < -0.3 is 5.32 Å². The Morgan fingerprint density at radius 2 is 1.62 bits per heavy atom. The summed E-state index contributed by atoms with van der Waals surface area (Å²) >= 11 is 12.1. The maximum absolute atomic E-state index is 12.5. The summed E-state index contributed by atoms with van der Waals surface area (Å²) in [6.45, 7) is 3.78. The monoisotopic (exact) mass is 384 g/mol. The number of rotatable bonds is 4. The molecule has 1 heterocycles. The van der Waals surface area contributed by atoms with Crippen LogP contribution < -0.4 is 5.32 Å². The summed E-state index contributed by atoms with van der Waals surface area (Å²) in [6.07, 6.45) is 1.79. The van der Waals surface area contributed by atoms with Gasteiger partial charge in [0, 0.05) is 27.6 Å². The number of aromatic nitrogens is 1. The van der Waals surface area contributed by atoms with Gasteiger partial charge in [0.05, 0.1) is 5.92 Å². The number of pyridine rings is 1. The molecule has 0 saturated carbocycles. The average molecular weight is 385 g/mol. The molecule has 0 bridgehead atoms. The van der Waals surface area contributed by atoms with Crippen LogP contribution in [0, 0.1) is 6.92 Å². The molecule has 1 amide bonds. The Labute approximate surface area is 163 Å². The molecule has 3 aromatic rings. The molecule has 1 aromatic heterocycles. The summed E-state index contributed by atoms with van der Waals surface area (Å²) in [7, 11) is 0. The Balaban J connectivity index is 1.73. The Morgan fingerprint density at radius 1 is 0.962 bits per heavy atom. The number of benzene rings is 2. The van der Waals surface area contributed by atoms with E-state index in [0.717, 1.165) is 28.1 Å². The molecule has 1 N–H and O–H groups in total. The minimum Gasteiger partial charge on any atom is -0.326 e. The molecule has 3 nitrogen and oxygen atoms in total. The fraction of sp³-hybridized carbons (Fsp3) is 0.143. The predicted octanol–water partition coefficient (Wildman–Crippen LogP) is 6.11. The molecule has 5 heteroatoms. The van der Waals surface area contributed by atoms with Gasteiger partial charge in [-0.2, -0.15) is 0 Å². The van der Waals surface area contributed by atoms with Gasteiger partial charge in [0.1, 0.15) is 0 Å². The van der Waals surface area contributed by atoms with Crippen LogP contribution in [-0.4, -0.2) is 10.9 Å². The van der Waals surface area contributed by atoms with Crippen molar-refractivity contribution in [2.75, 3.05) is 5.32 Å². The van der Waals surface area contributed by atoms with Crippen LogP contribution in [-0.2, 0) is 4.79 Å². The average Bonchev–Trinajstić information content (AvgIpc) is 2.61. The van der Waals surface area contributed by atoms with Gasteiger partial charge in [-0.3, -0.25) is 9.78 Å². The largest absolute Gasteiger partial charge is 0.326 e. The number of carbonyl (C=O) groups is 1. The third-order valence-corrected chi connectivity index (χ3v) is 4.60. The first-order valence-electron chi connectivity index (χ1n) is 8.22. The second-order valence-corrected chi connectivity index (χ2v) is 7.05.